The molecular formula is C27H20O2S. The molecule has 0 N–H and O–H groups in total. The van der Waals surface area contributed by atoms with Gasteiger partial charge in [0.15, 0.2) is 0 Å². The summed E-state index contributed by atoms with van der Waals surface area (Å²) in [7, 11) is 0. The molecule has 0 radical (unpaired) electrons. The van der Waals surface area contributed by atoms with Crippen molar-refractivity contribution in [1.29, 1.82) is 0 Å². The molecule has 1 aliphatic heterocycles. The monoisotopic (exact) mass is 408 g/mol. The molecule has 0 atom stereocenters. The molecule has 1 heterocycles. The van der Waals surface area contributed by atoms with Crippen LogP contribution in [-0.2, 0) is 17.8 Å². The molecule has 0 saturated carbocycles. The summed E-state index contributed by atoms with van der Waals surface area (Å²) in [5.74, 6) is -0.199. The van der Waals surface area contributed by atoms with E-state index in [1.54, 1.807) is 6.07 Å². The summed E-state index contributed by atoms with van der Waals surface area (Å²) in [4.78, 5) is 13.5. The van der Waals surface area contributed by atoms with E-state index in [1.165, 1.54) is 32.0 Å². The molecule has 0 unspecified atom stereocenters. The minimum absolute atomic E-state index is 0.199. The molecule has 0 amide bonds. The van der Waals surface area contributed by atoms with Crippen LogP contribution in [0.3, 0.4) is 0 Å². The van der Waals surface area contributed by atoms with Crippen LogP contribution in [0.5, 0.6) is 0 Å². The third kappa shape index (κ3) is 3.64. The van der Waals surface area contributed by atoms with Crippen LogP contribution in [0.2, 0.25) is 0 Å². The fourth-order valence-electron chi connectivity index (χ4n) is 3.91. The summed E-state index contributed by atoms with van der Waals surface area (Å²) >= 11 is 1.86. The van der Waals surface area contributed by atoms with Gasteiger partial charge in [-0.25, -0.2) is 4.79 Å². The molecule has 4 aromatic carbocycles. The largest absolute Gasteiger partial charge is 0.457 e. The van der Waals surface area contributed by atoms with Gasteiger partial charge in [-0.3, -0.25) is 0 Å². The van der Waals surface area contributed by atoms with Gasteiger partial charge in [0.1, 0.15) is 6.61 Å². The average Bonchev–Trinajstić information content (AvgIpc) is 3.37. The van der Waals surface area contributed by atoms with E-state index in [4.69, 9.17) is 4.74 Å². The van der Waals surface area contributed by atoms with E-state index in [1.807, 2.05) is 30.0 Å². The number of fused-ring (bicyclic) bond motifs is 4. The van der Waals surface area contributed by atoms with Crippen molar-refractivity contribution in [3.8, 4) is 11.1 Å². The number of carbonyl (C=O) groups excluding carboxylic acids is 1. The standard InChI is InChI=1S/C19H14S.C8H6O2/c1-2-8-15(9-3-1)20-19-12-6-11-17-16-10-5-4-7-14(16)13-18(17)19;9-8-7-4-2-1-3-6(7)5-10-8/h1-12H,13H2;1-4H,5H2. The molecule has 1 aliphatic carbocycles. The molecule has 6 rings (SSSR count). The summed E-state index contributed by atoms with van der Waals surface area (Å²) in [6.07, 6.45) is 1.06. The van der Waals surface area contributed by atoms with Crippen molar-refractivity contribution >= 4 is 17.7 Å². The highest BCUT2D eigenvalue weighted by Gasteiger charge is 2.21. The molecule has 0 aromatic heterocycles. The predicted octanol–water partition coefficient (Wildman–Crippen LogP) is 6.77. The van der Waals surface area contributed by atoms with Gasteiger partial charge in [0.25, 0.3) is 0 Å². The van der Waals surface area contributed by atoms with Gasteiger partial charge in [-0.1, -0.05) is 84.6 Å². The van der Waals surface area contributed by atoms with E-state index in [2.05, 4.69) is 72.8 Å². The van der Waals surface area contributed by atoms with Crippen molar-refractivity contribution in [2.45, 2.75) is 22.8 Å². The van der Waals surface area contributed by atoms with E-state index in [0.717, 1.165) is 12.0 Å². The van der Waals surface area contributed by atoms with E-state index in [0.29, 0.717) is 12.2 Å². The Kier molecular flexibility index (Phi) is 5.12. The third-order valence-electron chi connectivity index (χ3n) is 5.37. The van der Waals surface area contributed by atoms with Crippen molar-refractivity contribution in [1.82, 2.24) is 0 Å². The zero-order valence-electron chi connectivity index (χ0n) is 16.4. The molecule has 146 valence electrons. The lowest BCUT2D eigenvalue weighted by atomic mass is 10.1. The SMILES string of the molecule is O=C1OCc2ccccc21.c1ccc(Sc2cccc3c2Cc2ccccc2-3)cc1. The first-order chi connectivity index (χ1) is 14.8. The Morgan fingerprint density at radius 1 is 0.633 bits per heavy atom. The van der Waals surface area contributed by atoms with Crippen LogP contribution < -0.4 is 0 Å². The van der Waals surface area contributed by atoms with Gasteiger partial charge in [0.2, 0.25) is 0 Å². The molecule has 0 saturated heterocycles. The van der Waals surface area contributed by atoms with E-state index < -0.39 is 0 Å². The summed E-state index contributed by atoms with van der Waals surface area (Å²) in [6.45, 7) is 0.439. The van der Waals surface area contributed by atoms with Crippen LogP contribution in [0.1, 0.15) is 27.0 Å². The number of cyclic esters (lactones) is 1. The van der Waals surface area contributed by atoms with Crippen LogP contribution in [0.25, 0.3) is 11.1 Å². The molecule has 0 bridgehead atoms. The minimum Gasteiger partial charge on any atom is -0.457 e. The smallest absolute Gasteiger partial charge is 0.338 e. The molecule has 4 aromatic rings. The third-order valence-corrected chi connectivity index (χ3v) is 6.49. The zero-order valence-corrected chi connectivity index (χ0v) is 17.2. The summed E-state index contributed by atoms with van der Waals surface area (Å²) in [5.41, 5.74) is 7.43. The molecule has 0 fully saturated rings. The van der Waals surface area contributed by atoms with Crippen LogP contribution in [-0.4, -0.2) is 5.97 Å². The maximum atomic E-state index is 10.8. The maximum absolute atomic E-state index is 10.8. The van der Waals surface area contributed by atoms with Crippen molar-refractivity contribution in [2.75, 3.05) is 0 Å². The van der Waals surface area contributed by atoms with Crippen LogP contribution in [0.15, 0.2) is 107 Å². The quantitative estimate of drug-likeness (QED) is 0.302. The Morgan fingerprint density at radius 3 is 2.10 bits per heavy atom. The number of hydrogen-bond acceptors (Lipinski definition) is 3. The van der Waals surface area contributed by atoms with Crippen molar-refractivity contribution in [3.63, 3.8) is 0 Å². The molecule has 0 spiro atoms. The molecule has 30 heavy (non-hydrogen) atoms. The first-order valence-electron chi connectivity index (χ1n) is 9.98. The van der Waals surface area contributed by atoms with E-state index in [-0.39, 0.29) is 5.97 Å². The highest BCUT2D eigenvalue weighted by molar-refractivity contribution is 7.99. The van der Waals surface area contributed by atoms with Crippen molar-refractivity contribution in [3.05, 3.63) is 119 Å². The van der Waals surface area contributed by atoms with Gasteiger partial charge < -0.3 is 4.74 Å². The van der Waals surface area contributed by atoms with Crippen LogP contribution in [0.4, 0.5) is 0 Å². The predicted molar refractivity (Wildman–Crippen MR) is 121 cm³/mol. The number of hydrogen-bond donors (Lipinski definition) is 0. The van der Waals surface area contributed by atoms with Gasteiger partial charge >= 0.3 is 5.97 Å². The summed E-state index contributed by atoms with van der Waals surface area (Å²) < 4.78 is 4.78. The molecule has 3 heteroatoms. The van der Waals surface area contributed by atoms with Gasteiger partial charge in [-0.15, -0.1) is 0 Å². The second-order valence-corrected chi connectivity index (χ2v) is 8.38. The summed E-state index contributed by atoms with van der Waals surface area (Å²) in [5, 5.41) is 0. The molecule has 2 nitrogen and oxygen atoms in total. The lowest BCUT2D eigenvalue weighted by Gasteiger charge is -2.08. The Morgan fingerprint density at radius 2 is 1.30 bits per heavy atom. The normalized spacial score (nSPS) is 12.9. The Hall–Kier alpha value is -3.30. The van der Waals surface area contributed by atoms with Gasteiger partial charge in [-0.2, -0.15) is 0 Å². The number of rotatable bonds is 2. The minimum atomic E-state index is -0.199. The fraction of sp³-hybridized carbons (Fsp3) is 0.0741. The van der Waals surface area contributed by atoms with E-state index in [9.17, 15) is 4.79 Å². The first kappa shape index (κ1) is 18.7. The lowest BCUT2D eigenvalue weighted by Crippen LogP contribution is -1.91. The fourth-order valence-corrected chi connectivity index (χ4v) is 4.90. The Labute approximate surface area is 180 Å². The molecular weight excluding hydrogens is 388 g/mol. The average molecular weight is 409 g/mol. The zero-order chi connectivity index (χ0) is 20.3. The van der Waals surface area contributed by atoms with Crippen molar-refractivity contribution < 1.29 is 9.53 Å². The van der Waals surface area contributed by atoms with E-state index >= 15 is 0 Å². The lowest BCUT2D eigenvalue weighted by molar-refractivity contribution is 0.0535. The highest BCUT2D eigenvalue weighted by atomic mass is 32.2. The Bertz CT molecular complexity index is 1210. The maximum Gasteiger partial charge on any atom is 0.338 e. The first-order valence-corrected chi connectivity index (χ1v) is 10.8. The number of carbonyl (C=O) groups is 1. The second kappa shape index (κ2) is 8.21. The molecule has 2 aliphatic rings. The summed E-state index contributed by atoms with van der Waals surface area (Å²) in [6, 6.07) is 33.4. The van der Waals surface area contributed by atoms with Crippen LogP contribution >= 0.6 is 11.8 Å². The van der Waals surface area contributed by atoms with Crippen molar-refractivity contribution in [2.24, 2.45) is 0 Å². The topological polar surface area (TPSA) is 26.3 Å². The Balaban J connectivity index is 0.000000161. The van der Waals surface area contributed by atoms with Crippen LogP contribution in [0, 0.1) is 0 Å². The number of benzene rings is 4. The van der Waals surface area contributed by atoms with Gasteiger partial charge in [0, 0.05) is 15.4 Å². The highest BCUT2D eigenvalue weighted by Crippen LogP contribution is 2.42. The number of ether oxygens (including phenoxy) is 1. The van der Waals surface area contributed by atoms with Gasteiger partial charge in [-0.05, 0) is 52.9 Å². The van der Waals surface area contributed by atoms with Gasteiger partial charge in [0.05, 0.1) is 5.56 Å². The second-order valence-electron chi connectivity index (χ2n) is 7.26. The number of esters is 1.